The van der Waals surface area contributed by atoms with E-state index in [0.29, 0.717) is 6.04 Å². The summed E-state index contributed by atoms with van der Waals surface area (Å²) in [4.78, 5) is 0. The molecule has 0 aliphatic carbocycles. The van der Waals surface area contributed by atoms with Crippen LogP contribution in [-0.4, -0.2) is 37.1 Å². The van der Waals surface area contributed by atoms with Crippen molar-refractivity contribution in [3.05, 3.63) is 48.6 Å². The van der Waals surface area contributed by atoms with E-state index in [1.165, 1.54) is 5.56 Å². The molecular formula is C13H21NO. The summed E-state index contributed by atoms with van der Waals surface area (Å²) in [5.41, 5.74) is 1.38. The van der Waals surface area contributed by atoms with Gasteiger partial charge < -0.3 is 9.96 Å². The average Bonchev–Trinajstić information content (AvgIpc) is 2.14. The van der Waals surface area contributed by atoms with Crippen molar-refractivity contribution < 1.29 is 9.96 Å². The lowest BCUT2D eigenvalue weighted by molar-refractivity contribution is -0.888. The molecule has 0 heterocycles. The molecule has 0 saturated carbocycles. The lowest BCUT2D eigenvalue weighted by atomic mass is 10.0. The Labute approximate surface area is 92.7 Å². The van der Waals surface area contributed by atoms with Crippen LogP contribution in [0.25, 0.3) is 0 Å². The lowest BCUT2D eigenvalue weighted by Gasteiger charge is -2.32. The van der Waals surface area contributed by atoms with Gasteiger partial charge in [0.25, 0.3) is 0 Å². The maximum Gasteiger partial charge on any atom is 0.111 e. The van der Waals surface area contributed by atoms with Crippen molar-refractivity contribution in [2.45, 2.75) is 12.5 Å². The SMILES string of the molecule is C=CC(Cc1ccccc1)[N+](C)(C)C.[OH-]. The summed E-state index contributed by atoms with van der Waals surface area (Å²) in [6.45, 7) is 3.91. The van der Waals surface area contributed by atoms with Crippen LogP contribution in [0.2, 0.25) is 0 Å². The van der Waals surface area contributed by atoms with Crippen LogP contribution in [0.15, 0.2) is 43.0 Å². The molecule has 0 spiro atoms. The van der Waals surface area contributed by atoms with Crippen LogP contribution in [0, 0.1) is 0 Å². The maximum absolute atomic E-state index is 3.91. The standard InChI is InChI=1S/C13H20N.H2O/c1-5-13(14(2,3)4)11-12-9-7-6-8-10-12;/h5-10,13H,1,11H2,2-4H3;1H2/q+1;/p-1. The second-order valence-corrected chi connectivity index (χ2v) is 4.61. The highest BCUT2D eigenvalue weighted by atomic mass is 16.0. The fraction of sp³-hybridized carbons (Fsp3) is 0.385. The van der Waals surface area contributed by atoms with E-state index in [9.17, 15) is 0 Å². The summed E-state index contributed by atoms with van der Waals surface area (Å²) < 4.78 is 0.929. The summed E-state index contributed by atoms with van der Waals surface area (Å²) in [6.07, 6.45) is 3.11. The monoisotopic (exact) mass is 207 g/mol. The molecule has 2 nitrogen and oxygen atoms in total. The van der Waals surface area contributed by atoms with Gasteiger partial charge >= 0.3 is 0 Å². The minimum atomic E-state index is 0. The largest absolute Gasteiger partial charge is 0.870 e. The van der Waals surface area contributed by atoms with E-state index in [2.05, 4.69) is 58.1 Å². The van der Waals surface area contributed by atoms with Gasteiger partial charge in [0.05, 0.1) is 21.1 Å². The number of likely N-dealkylation sites (N-methyl/N-ethyl adjacent to an activating group) is 1. The fourth-order valence-electron chi connectivity index (χ4n) is 1.53. The molecule has 2 heteroatoms. The quantitative estimate of drug-likeness (QED) is 0.550. The Morgan fingerprint density at radius 2 is 1.73 bits per heavy atom. The molecule has 1 rings (SSSR count). The third kappa shape index (κ3) is 4.28. The van der Waals surface area contributed by atoms with Gasteiger partial charge in [0.2, 0.25) is 0 Å². The number of hydrogen-bond donors (Lipinski definition) is 0. The molecule has 0 amide bonds. The Balaban J connectivity index is 0.00000196. The van der Waals surface area contributed by atoms with Crippen molar-refractivity contribution >= 4 is 0 Å². The first-order valence-electron chi connectivity index (χ1n) is 5.01. The van der Waals surface area contributed by atoms with Crippen LogP contribution in [0.1, 0.15) is 5.56 Å². The van der Waals surface area contributed by atoms with Gasteiger partial charge in [-0.2, -0.15) is 0 Å². The summed E-state index contributed by atoms with van der Waals surface area (Å²) in [6, 6.07) is 11.1. The van der Waals surface area contributed by atoms with Crippen LogP contribution in [0.5, 0.6) is 0 Å². The van der Waals surface area contributed by atoms with E-state index in [0.717, 1.165) is 10.9 Å². The maximum atomic E-state index is 3.91. The van der Waals surface area contributed by atoms with E-state index in [4.69, 9.17) is 0 Å². The first-order valence-corrected chi connectivity index (χ1v) is 5.01. The van der Waals surface area contributed by atoms with Crippen molar-refractivity contribution in [1.29, 1.82) is 0 Å². The highest BCUT2D eigenvalue weighted by molar-refractivity contribution is 5.16. The molecule has 0 saturated heterocycles. The Kier molecular flexibility index (Phi) is 5.26. The van der Waals surface area contributed by atoms with Crippen LogP contribution in [0.3, 0.4) is 0 Å². The molecule has 1 atom stereocenters. The second kappa shape index (κ2) is 5.69. The van der Waals surface area contributed by atoms with Crippen LogP contribution in [-0.2, 0) is 6.42 Å². The molecule has 1 aromatic rings. The zero-order valence-corrected chi connectivity index (χ0v) is 9.85. The zero-order chi connectivity index (χ0) is 10.6. The van der Waals surface area contributed by atoms with Gasteiger partial charge in [0.1, 0.15) is 6.04 Å². The minimum absolute atomic E-state index is 0. The van der Waals surface area contributed by atoms with Crippen LogP contribution in [0.4, 0.5) is 0 Å². The molecule has 0 fully saturated rings. The predicted molar refractivity (Wildman–Crippen MR) is 64.1 cm³/mol. The average molecular weight is 207 g/mol. The smallest absolute Gasteiger partial charge is 0.111 e. The molecule has 15 heavy (non-hydrogen) atoms. The summed E-state index contributed by atoms with van der Waals surface area (Å²) in [5.74, 6) is 0. The Hall–Kier alpha value is -1.12. The number of hydrogen-bond acceptors (Lipinski definition) is 1. The first-order chi connectivity index (χ1) is 6.54. The molecule has 84 valence electrons. The first kappa shape index (κ1) is 13.9. The summed E-state index contributed by atoms with van der Waals surface area (Å²) in [5, 5.41) is 0. The van der Waals surface area contributed by atoms with E-state index >= 15 is 0 Å². The Morgan fingerprint density at radius 1 is 1.20 bits per heavy atom. The topological polar surface area (TPSA) is 30.0 Å². The molecule has 0 bridgehead atoms. The van der Waals surface area contributed by atoms with Crippen LogP contribution < -0.4 is 0 Å². The fourth-order valence-corrected chi connectivity index (χ4v) is 1.53. The second-order valence-electron chi connectivity index (χ2n) is 4.61. The normalized spacial score (nSPS) is 12.7. The zero-order valence-electron chi connectivity index (χ0n) is 9.85. The molecule has 0 aliphatic rings. The van der Waals surface area contributed by atoms with Gasteiger partial charge in [-0.1, -0.05) is 36.9 Å². The van der Waals surface area contributed by atoms with Gasteiger partial charge in [0.15, 0.2) is 0 Å². The number of quaternary nitrogens is 1. The van der Waals surface area contributed by atoms with Crippen molar-refractivity contribution in [3.8, 4) is 0 Å². The molecule has 1 N–H and O–H groups in total. The van der Waals surface area contributed by atoms with E-state index in [1.54, 1.807) is 0 Å². The molecule has 1 unspecified atom stereocenters. The van der Waals surface area contributed by atoms with E-state index in [-0.39, 0.29) is 5.48 Å². The third-order valence-corrected chi connectivity index (χ3v) is 2.55. The molecule has 1 aromatic carbocycles. The van der Waals surface area contributed by atoms with Gasteiger partial charge in [-0.05, 0) is 11.6 Å². The molecular weight excluding hydrogens is 186 g/mol. The Morgan fingerprint density at radius 3 is 2.13 bits per heavy atom. The summed E-state index contributed by atoms with van der Waals surface area (Å²) in [7, 11) is 6.61. The van der Waals surface area contributed by atoms with Crippen molar-refractivity contribution in [2.75, 3.05) is 21.1 Å². The lowest BCUT2D eigenvalue weighted by Crippen LogP contribution is -2.45. The van der Waals surface area contributed by atoms with E-state index < -0.39 is 0 Å². The third-order valence-electron chi connectivity index (χ3n) is 2.55. The van der Waals surface area contributed by atoms with Gasteiger partial charge in [-0.15, -0.1) is 0 Å². The van der Waals surface area contributed by atoms with Gasteiger partial charge in [-0.3, -0.25) is 0 Å². The predicted octanol–water partition coefficient (Wildman–Crippen LogP) is 2.31. The highest BCUT2D eigenvalue weighted by Crippen LogP contribution is 2.11. The van der Waals surface area contributed by atoms with Gasteiger partial charge in [0, 0.05) is 6.42 Å². The van der Waals surface area contributed by atoms with Crippen molar-refractivity contribution in [1.82, 2.24) is 0 Å². The van der Waals surface area contributed by atoms with Crippen molar-refractivity contribution in [2.24, 2.45) is 0 Å². The number of benzene rings is 1. The Bertz CT molecular complexity index is 287. The van der Waals surface area contributed by atoms with Gasteiger partial charge in [-0.25, -0.2) is 0 Å². The number of rotatable bonds is 4. The van der Waals surface area contributed by atoms with E-state index in [1.807, 2.05) is 6.08 Å². The summed E-state index contributed by atoms with van der Waals surface area (Å²) >= 11 is 0. The molecule has 0 radical (unpaired) electrons. The van der Waals surface area contributed by atoms with Crippen LogP contribution >= 0.6 is 0 Å². The molecule has 0 aromatic heterocycles. The number of nitrogens with zero attached hydrogens (tertiary/aromatic N) is 1. The molecule has 0 aliphatic heterocycles. The van der Waals surface area contributed by atoms with Crippen molar-refractivity contribution in [3.63, 3.8) is 0 Å². The minimum Gasteiger partial charge on any atom is -0.870 e. The highest BCUT2D eigenvalue weighted by Gasteiger charge is 2.19.